The number of hydrogen-bond donors (Lipinski definition) is 3. The van der Waals surface area contributed by atoms with Crippen LogP contribution in [0.15, 0.2) is 72.8 Å². The molecule has 3 aromatic rings. The number of nitrogens with one attached hydrogen (secondary N) is 2. The van der Waals surface area contributed by atoms with Gasteiger partial charge in [0, 0.05) is 13.0 Å². The highest BCUT2D eigenvalue weighted by molar-refractivity contribution is 6.33. The highest BCUT2D eigenvalue weighted by Gasteiger charge is 2.23. The second-order valence-electron chi connectivity index (χ2n) is 7.58. The van der Waals surface area contributed by atoms with Crippen LogP contribution in [0.5, 0.6) is 0 Å². The molecule has 1 atom stereocenters. The fourth-order valence-corrected chi connectivity index (χ4v) is 3.75. The van der Waals surface area contributed by atoms with Gasteiger partial charge in [-0.1, -0.05) is 72.3 Å². The summed E-state index contributed by atoms with van der Waals surface area (Å²) >= 11 is 6.10. The third-order valence-electron chi connectivity index (χ3n) is 5.22. The quantitative estimate of drug-likeness (QED) is 0.382. The van der Waals surface area contributed by atoms with E-state index in [1.54, 1.807) is 24.3 Å². The molecule has 7 nitrogen and oxygen atoms in total. The summed E-state index contributed by atoms with van der Waals surface area (Å²) in [4.78, 5) is 35.8. The lowest BCUT2D eigenvalue weighted by Crippen LogP contribution is -2.43. The van der Waals surface area contributed by atoms with Gasteiger partial charge in [-0.2, -0.15) is 0 Å². The molecular weight excluding hydrogens is 456 g/mol. The highest BCUT2D eigenvalue weighted by atomic mass is 35.5. The lowest BCUT2D eigenvalue weighted by molar-refractivity contribution is -0.142. The Morgan fingerprint density at radius 1 is 0.971 bits per heavy atom. The van der Waals surface area contributed by atoms with Gasteiger partial charge in [-0.25, -0.2) is 4.79 Å². The van der Waals surface area contributed by atoms with Crippen molar-refractivity contribution >= 4 is 29.4 Å². The van der Waals surface area contributed by atoms with Crippen molar-refractivity contribution in [2.75, 3.05) is 13.7 Å². The van der Waals surface area contributed by atoms with Crippen LogP contribution >= 0.6 is 11.6 Å². The Morgan fingerprint density at radius 2 is 1.65 bits per heavy atom. The zero-order valence-electron chi connectivity index (χ0n) is 18.6. The summed E-state index contributed by atoms with van der Waals surface area (Å²) < 4.78 is 4.88. The number of aliphatic carboxylic acids is 1. The van der Waals surface area contributed by atoms with E-state index in [1.165, 1.54) is 7.11 Å². The van der Waals surface area contributed by atoms with Crippen molar-refractivity contribution < 1.29 is 24.2 Å². The van der Waals surface area contributed by atoms with Crippen LogP contribution in [0.1, 0.15) is 21.5 Å². The van der Waals surface area contributed by atoms with Crippen molar-refractivity contribution in [2.24, 2.45) is 0 Å². The first kappa shape index (κ1) is 25.0. The van der Waals surface area contributed by atoms with Crippen LogP contribution in [0.4, 0.5) is 0 Å². The third kappa shape index (κ3) is 6.66. The molecule has 0 radical (unpaired) electrons. The molecule has 0 saturated heterocycles. The number of carboxylic acid groups (broad SMARTS) is 1. The Morgan fingerprint density at radius 3 is 2.32 bits per heavy atom. The van der Waals surface area contributed by atoms with E-state index < -0.39 is 23.9 Å². The molecule has 0 spiro atoms. The molecule has 0 heterocycles. The maximum absolute atomic E-state index is 12.6. The van der Waals surface area contributed by atoms with Crippen molar-refractivity contribution in [3.05, 3.63) is 94.5 Å². The molecular formula is C26H25ClN2O5. The lowest BCUT2D eigenvalue weighted by Gasteiger charge is -2.17. The van der Waals surface area contributed by atoms with Crippen LogP contribution in [0.25, 0.3) is 11.1 Å². The predicted molar refractivity (Wildman–Crippen MR) is 130 cm³/mol. The van der Waals surface area contributed by atoms with E-state index in [0.29, 0.717) is 11.6 Å². The summed E-state index contributed by atoms with van der Waals surface area (Å²) in [5.41, 5.74) is 4.01. The minimum absolute atomic E-state index is 0.123. The van der Waals surface area contributed by atoms with Gasteiger partial charge in [0.1, 0.15) is 6.04 Å². The molecule has 176 valence electrons. The molecule has 0 bridgehead atoms. The topological polar surface area (TPSA) is 105 Å². The van der Waals surface area contributed by atoms with Crippen molar-refractivity contribution in [3.8, 4) is 11.1 Å². The fourth-order valence-electron chi connectivity index (χ4n) is 3.53. The van der Waals surface area contributed by atoms with Gasteiger partial charge in [0.2, 0.25) is 0 Å². The van der Waals surface area contributed by atoms with Gasteiger partial charge in [-0.3, -0.25) is 9.59 Å². The minimum atomic E-state index is -0.913. The van der Waals surface area contributed by atoms with E-state index in [4.69, 9.17) is 21.4 Å². The Kier molecular flexibility index (Phi) is 8.79. The van der Waals surface area contributed by atoms with Gasteiger partial charge in [0.05, 0.1) is 24.2 Å². The number of hydrogen-bond acceptors (Lipinski definition) is 5. The molecule has 3 aromatic carbocycles. The molecule has 1 amide bonds. The van der Waals surface area contributed by atoms with Crippen LogP contribution in [-0.2, 0) is 27.3 Å². The van der Waals surface area contributed by atoms with E-state index in [-0.39, 0.29) is 18.5 Å². The third-order valence-corrected chi connectivity index (χ3v) is 5.55. The summed E-state index contributed by atoms with van der Waals surface area (Å²) in [6.07, 6.45) is 0.241. The molecule has 0 aromatic heterocycles. The van der Waals surface area contributed by atoms with Crippen molar-refractivity contribution in [1.29, 1.82) is 0 Å². The Hall–Kier alpha value is -3.68. The second-order valence-corrected chi connectivity index (χ2v) is 7.99. The predicted octanol–water partition coefficient (Wildman–Crippen LogP) is 3.70. The monoisotopic (exact) mass is 480 g/mol. The van der Waals surface area contributed by atoms with Crippen LogP contribution in [0, 0.1) is 0 Å². The maximum atomic E-state index is 12.6. The number of benzene rings is 3. The molecule has 0 saturated carbocycles. The SMILES string of the molecule is COC(=O)[C@H](Cc1ccc(-c2ccccc2CNCC(=O)O)cc1)NC(=O)c1ccccc1Cl. The first-order valence-electron chi connectivity index (χ1n) is 10.6. The molecule has 34 heavy (non-hydrogen) atoms. The van der Waals surface area contributed by atoms with E-state index in [2.05, 4.69) is 10.6 Å². The highest BCUT2D eigenvalue weighted by Crippen LogP contribution is 2.24. The molecule has 0 fully saturated rings. The largest absolute Gasteiger partial charge is 0.480 e. The lowest BCUT2D eigenvalue weighted by atomic mass is 9.97. The van der Waals surface area contributed by atoms with Crippen molar-refractivity contribution in [3.63, 3.8) is 0 Å². The molecule has 0 aliphatic carbocycles. The number of amides is 1. The number of esters is 1. The normalized spacial score (nSPS) is 11.5. The smallest absolute Gasteiger partial charge is 0.328 e. The molecule has 0 unspecified atom stereocenters. The van der Waals surface area contributed by atoms with Crippen LogP contribution in [0.3, 0.4) is 0 Å². The number of halogens is 1. The van der Waals surface area contributed by atoms with E-state index in [1.807, 2.05) is 48.5 Å². The maximum Gasteiger partial charge on any atom is 0.328 e. The molecule has 8 heteroatoms. The first-order chi connectivity index (χ1) is 16.4. The molecule has 3 N–H and O–H groups in total. The summed E-state index contributed by atoms with van der Waals surface area (Å²) in [6.45, 7) is 0.296. The number of carboxylic acids is 1. The fraction of sp³-hybridized carbons (Fsp3) is 0.192. The van der Waals surface area contributed by atoms with E-state index in [0.717, 1.165) is 22.3 Å². The van der Waals surface area contributed by atoms with Crippen molar-refractivity contribution in [2.45, 2.75) is 19.0 Å². The van der Waals surface area contributed by atoms with E-state index >= 15 is 0 Å². The van der Waals surface area contributed by atoms with Gasteiger partial charge >= 0.3 is 11.9 Å². The average Bonchev–Trinajstić information content (AvgIpc) is 2.84. The summed E-state index contributed by atoms with van der Waals surface area (Å²) in [7, 11) is 1.27. The number of rotatable bonds is 10. The Balaban J connectivity index is 1.74. The van der Waals surface area contributed by atoms with Gasteiger partial charge < -0.3 is 20.5 Å². The summed E-state index contributed by atoms with van der Waals surface area (Å²) in [6, 6.07) is 21.1. The number of carbonyl (C=O) groups is 3. The molecule has 0 aliphatic heterocycles. The average molecular weight is 481 g/mol. The van der Waals surface area contributed by atoms with E-state index in [9.17, 15) is 14.4 Å². The molecule has 0 aliphatic rings. The summed E-state index contributed by atoms with van der Waals surface area (Å²) in [5, 5.41) is 14.7. The summed E-state index contributed by atoms with van der Waals surface area (Å²) in [5.74, 6) is -1.93. The standard InChI is InChI=1S/C26H25ClN2O5/c1-34-26(33)23(29-25(32)21-8-4-5-9-22(21)27)14-17-10-12-18(13-11-17)20-7-3-2-6-19(20)15-28-16-24(30)31/h2-13,23,28H,14-16H2,1H3,(H,29,32)(H,30,31)/t23-/m0/s1. The Bertz CT molecular complexity index is 1160. The number of ether oxygens (including phenoxy) is 1. The first-order valence-corrected chi connectivity index (χ1v) is 11.0. The van der Waals surface area contributed by atoms with Crippen LogP contribution in [0.2, 0.25) is 5.02 Å². The van der Waals surface area contributed by atoms with Gasteiger partial charge in [-0.15, -0.1) is 0 Å². The minimum Gasteiger partial charge on any atom is -0.480 e. The van der Waals surface area contributed by atoms with Crippen molar-refractivity contribution in [1.82, 2.24) is 10.6 Å². The van der Waals surface area contributed by atoms with Gasteiger partial charge in [0.15, 0.2) is 0 Å². The number of carbonyl (C=O) groups excluding carboxylic acids is 2. The van der Waals surface area contributed by atoms with Gasteiger partial charge in [-0.05, 0) is 34.4 Å². The number of methoxy groups -OCH3 is 1. The van der Waals surface area contributed by atoms with Crippen LogP contribution < -0.4 is 10.6 Å². The van der Waals surface area contributed by atoms with Gasteiger partial charge in [0.25, 0.3) is 5.91 Å². The second kappa shape index (κ2) is 12.0. The van der Waals surface area contributed by atoms with Crippen LogP contribution in [-0.4, -0.2) is 42.6 Å². The molecule has 3 rings (SSSR count). The zero-order valence-corrected chi connectivity index (χ0v) is 19.3. The zero-order chi connectivity index (χ0) is 24.5. The Labute approximate surface area is 202 Å².